The normalized spacial score (nSPS) is 18.9. The number of halogens is 5. The van der Waals surface area contributed by atoms with Crippen molar-refractivity contribution < 1.29 is 31.5 Å². The first-order valence-electron chi connectivity index (χ1n) is 4.82. The van der Waals surface area contributed by atoms with E-state index in [9.17, 15) is 26.7 Å². The summed E-state index contributed by atoms with van der Waals surface area (Å²) in [5.74, 6) is -11.2. The van der Waals surface area contributed by atoms with Gasteiger partial charge in [-0.1, -0.05) is 6.08 Å². The lowest BCUT2D eigenvalue weighted by atomic mass is 10.0. The van der Waals surface area contributed by atoms with Gasteiger partial charge in [0.1, 0.15) is 6.10 Å². The summed E-state index contributed by atoms with van der Waals surface area (Å²) < 4.78 is 69.9. The molecule has 1 aromatic rings. The Morgan fingerprint density at radius 2 is 1.44 bits per heavy atom. The van der Waals surface area contributed by atoms with Crippen molar-refractivity contribution in [1.29, 1.82) is 0 Å². The third-order valence-corrected chi connectivity index (χ3v) is 2.43. The Labute approximate surface area is 97.7 Å². The Balaban J connectivity index is 2.58. The van der Waals surface area contributed by atoms with Crippen molar-refractivity contribution in [3.8, 4) is 0 Å². The second-order valence-electron chi connectivity index (χ2n) is 3.55. The van der Waals surface area contributed by atoms with Gasteiger partial charge in [-0.3, -0.25) is 0 Å². The lowest BCUT2D eigenvalue weighted by molar-refractivity contribution is -0.144. The van der Waals surface area contributed by atoms with Crippen LogP contribution in [0.2, 0.25) is 0 Å². The smallest absolute Gasteiger partial charge is 0.331 e. The van der Waals surface area contributed by atoms with Crippen LogP contribution in [0.1, 0.15) is 18.1 Å². The van der Waals surface area contributed by atoms with Crippen LogP contribution < -0.4 is 0 Å². The minimum absolute atomic E-state index is 0.163. The molecule has 1 aliphatic heterocycles. The number of carbonyl (C=O) groups is 1. The van der Waals surface area contributed by atoms with Crippen molar-refractivity contribution in [2.24, 2.45) is 0 Å². The first-order chi connectivity index (χ1) is 8.43. The highest BCUT2D eigenvalue weighted by Gasteiger charge is 2.32. The Morgan fingerprint density at radius 1 is 0.944 bits per heavy atom. The monoisotopic (exact) mass is 264 g/mol. The molecule has 0 saturated heterocycles. The highest BCUT2D eigenvalue weighted by molar-refractivity contribution is 5.82. The lowest BCUT2D eigenvalue weighted by Gasteiger charge is -2.20. The molecule has 18 heavy (non-hydrogen) atoms. The second-order valence-corrected chi connectivity index (χ2v) is 3.55. The number of hydrogen-bond acceptors (Lipinski definition) is 2. The van der Waals surface area contributed by atoms with Gasteiger partial charge in [-0.2, -0.15) is 0 Å². The number of cyclic esters (lactones) is 1. The molecule has 96 valence electrons. The van der Waals surface area contributed by atoms with Crippen LogP contribution in [-0.2, 0) is 9.53 Å². The van der Waals surface area contributed by atoms with Gasteiger partial charge in [0.25, 0.3) is 0 Å². The van der Waals surface area contributed by atoms with Crippen molar-refractivity contribution in [2.75, 3.05) is 0 Å². The van der Waals surface area contributed by atoms with Crippen LogP contribution >= 0.6 is 0 Å². The van der Waals surface area contributed by atoms with E-state index in [4.69, 9.17) is 0 Å². The van der Waals surface area contributed by atoms with Gasteiger partial charge >= 0.3 is 5.97 Å². The topological polar surface area (TPSA) is 26.3 Å². The molecule has 1 heterocycles. The summed E-state index contributed by atoms with van der Waals surface area (Å²) in [5, 5.41) is 0. The first kappa shape index (κ1) is 12.5. The molecule has 1 atom stereocenters. The summed E-state index contributed by atoms with van der Waals surface area (Å²) in [7, 11) is 0. The Kier molecular flexibility index (Phi) is 3.06. The Bertz CT molecular complexity index is 524. The van der Waals surface area contributed by atoms with Gasteiger partial charge in [0.15, 0.2) is 23.3 Å². The zero-order chi connectivity index (χ0) is 13.4. The van der Waals surface area contributed by atoms with Gasteiger partial charge in [0.2, 0.25) is 5.82 Å². The first-order valence-corrected chi connectivity index (χ1v) is 4.82. The molecule has 0 bridgehead atoms. The third kappa shape index (κ3) is 1.85. The van der Waals surface area contributed by atoms with E-state index in [2.05, 4.69) is 4.74 Å². The van der Waals surface area contributed by atoms with E-state index in [0.29, 0.717) is 0 Å². The molecule has 2 nitrogen and oxygen atoms in total. The molecule has 0 aromatic heterocycles. The van der Waals surface area contributed by atoms with E-state index in [1.165, 1.54) is 6.08 Å². The maximum atomic E-state index is 13.4. The maximum absolute atomic E-state index is 13.4. The summed E-state index contributed by atoms with van der Waals surface area (Å²) in [6.45, 7) is 0. The fourth-order valence-electron chi connectivity index (χ4n) is 1.60. The van der Waals surface area contributed by atoms with Crippen molar-refractivity contribution in [1.82, 2.24) is 0 Å². The number of benzene rings is 1. The van der Waals surface area contributed by atoms with E-state index >= 15 is 0 Å². The van der Waals surface area contributed by atoms with E-state index in [1.54, 1.807) is 0 Å². The van der Waals surface area contributed by atoms with Gasteiger partial charge < -0.3 is 4.74 Å². The molecule has 0 fully saturated rings. The van der Waals surface area contributed by atoms with Crippen molar-refractivity contribution >= 4 is 5.97 Å². The number of rotatable bonds is 1. The number of carbonyl (C=O) groups excluding carboxylic acids is 1. The predicted molar refractivity (Wildman–Crippen MR) is 48.8 cm³/mol. The minimum Gasteiger partial charge on any atom is -0.454 e. The van der Waals surface area contributed by atoms with E-state index < -0.39 is 46.7 Å². The van der Waals surface area contributed by atoms with Gasteiger partial charge in [0, 0.05) is 12.5 Å². The van der Waals surface area contributed by atoms with Gasteiger partial charge in [0.05, 0.1) is 5.56 Å². The quantitative estimate of drug-likeness (QED) is 0.337. The molecule has 0 saturated carbocycles. The SMILES string of the molecule is O=C1C=CC[C@H](c2c(F)c(F)c(F)c(F)c2F)O1. The van der Waals surface area contributed by atoms with Crippen LogP contribution in [0.15, 0.2) is 12.2 Å². The highest BCUT2D eigenvalue weighted by atomic mass is 19.2. The number of hydrogen-bond donors (Lipinski definition) is 0. The summed E-state index contributed by atoms with van der Waals surface area (Å²) in [4.78, 5) is 10.9. The fraction of sp³-hybridized carbons (Fsp3) is 0.182. The summed E-state index contributed by atoms with van der Waals surface area (Å²) in [6, 6.07) is 0. The second kappa shape index (κ2) is 4.40. The van der Waals surface area contributed by atoms with Crippen LogP contribution in [0.25, 0.3) is 0 Å². The molecule has 1 aromatic carbocycles. The molecule has 0 aliphatic carbocycles. The Hall–Kier alpha value is -1.92. The standard InChI is InChI=1S/C11H5F5O2/c12-7-6(4-2-1-3-5(17)18-4)8(13)10(15)11(16)9(7)14/h1,3-4H,2H2/t4-/m1/s1. The lowest BCUT2D eigenvalue weighted by Crippen LogP contribution is -2.18. The van der Waals surface area contributed by atoms with E-state index in [-0.39, 0.29) is 6.42 Å². The molecule has 0 spiro atoms. The molecule has 0 radical (unpaired) electrons. The average Bonchev–Trinajstić information content (AvgIpc) is 2.34. The molecule has 7 heteroatoms. The molecule has 0 N–H and O–H groups in total. The van der Waals surface area contributed by atoms with Crippen LogP contribution in [0, 0.1) is 29.1 Å². The summed E-state index contributed by atoms with van der Waals surface area (Å²) >= 11 is 0. The zero-order valence-electron chi connectivity index (χ0n) is 8.65. The van der Waals surface area contributed by atoms with Crippen LogP contribution in [0.5, 0.6) is 0 Å². The van der Waals surface area contributed by atoms with Crippen LogP contribution in [0.4, 0.5) is 22.0 Å². The molecule has 0 amide bonds. The van der Waals surface area contributed by atoms with Crippen LogP contribution in [0.3, 0.4) is 0 Å². The van der Waals surface area contributed by atoms with Crippen molar-refractivity contribution in [3.05, 3.63) is 46.8 Å². The summed E-state index contributed by atoms with van der Waals surface area (Å²) in [6.07, 6.45) is 0.549. The Morgan fingerprint density at radius 3 is 1.94 bits per heavy atom. The van der Waals surface area contributed by atoms with Crippen molar-refractivity contribution in [3.63, 3.8) is 0 Å². The molecular weight excluding hydrogens is 259 g/mol. The molecule has 1 aliphatic rings. The zero-order valence-corrected chi connectivity index (χ0v) is 8.65. The van der Waals surface area contributed by atoms with E-state index in [0.717, 1.165) is 6.08 Å². The number of ether oxygens (including phenoxy) is 1. The van der Waals surface area contributed by atoms with Gasteiger partial charge in [-0.15, -0.1) is 0 Å². The van der Waals surface area contributed by atoms with Gasteiger partial charge in [-0.25, -0.2) is 26.7 Å². The molecular formula is C11H5F5O2. The average molecular weight is 264 g/mol. The molecule has 0 unspecified atom stereocenters. The minimum atomic E-state index is -2.24. The maximum Gasteiger partial charge on any atom is 0.331 e. The number of esters is 1. The predicted octanol–water partition coefficient (Wildman–Crippen LogP) is 2.93. The van der Waals surface area contributed by atoms with Crippen LogP contribution in [-0.4, -0.2) is 5.97 Å². The van der Waals surface area contributed by atoms with E-state index in [1.807, 2.05) is 0 Å². The fourth-order valence-corrected chi connectivity index (χ4v) is 1.60. The van der Waals surface area contributed by atoms with Gasteiger partial charge in [-0.05, 0) is 0 Å². The largest absolute Gasteiger partial charge is 0.454 e. The van der Waals surface area contributed by atoms with Crippen molar-refractivity contribution in [2.45, 2.75) is 12.5 Å². The third-order valence-electron chi connectivity index (χ3n) is 2.43. The highest BCUT2D eigenvalue weighted by Crippen LogP contribution is 2.33. The molecule has 2 rings (SSSR count). The summed E-state index contributed by atoms with van der Waals surface area (Å²) in [5.41, 5.74) is -1.14.